The molecule has 126 valence electrons. The van der Waals surface area contributed by atoms with Gasteiger partial charge in [-0.15, -0.1) is 0 Å². The van der Waals surface area contributed by atoms with Crippen molar-refractivity contribution in [1.82, 2.24) is 0 Å². The van der Waals surface area contributed by atoms with Gasteiger partial charge in [0.05, 0.1) is 17.2 Å². The third kappa shape index (κ3) is 1.96. The predicted octanol–water partition coefficient (Wildman–Crippen LogP) is 4.02. The zero-order valence-electron chi connectivity index (χ0n) is 13.8. The first-order valence-electron chi connectivity index (χ1n) is 8.49. The Morgan fingerprint density at radius 3 is 2.23 bits per heavy atom. The number of carbonyl (C=O) groups excluding carboxylic acids is 1. The van der Waals surface area contributed by atoms with Gasteiger partial charge in [0.25, 0.3) is 5.60 Å². The standard InChI is InChI=1S/C22H15NO3/c24-21-22(17-13-7-8-14-18(17)25-21)19(15-9-3-1-4-10-15)20(23-26-22)16-11-5-2-6-12-16/h1-14,19H/t19-,22+/m0/s1. The summed E-state index contributed by atoms with van der Waals surface area (Å²) in [5, 5.41) is 4.36. The molecule has 0 saturated heterocycles. The molecule has 0 saturated carbocycles. The van der Waals surface area contributed by atoms with Crippen molar-refractivity contribution in [2.24, 2.45) is 5.16 Å². The Bertz CT molecular complexity index is 1010. The molecule has 0 fully saturated rings. The predicted molar refractivity (Wildman–Crippen MR) is 97.0 cm³/mol. The molecule has 3 aromatic rings. The van der Waals surface area contributed by atoms with E-state index >= 15 is 0 Å². The minimum Gasteiger partial charge on any atom is -0.423 e. The summed E-state index contributed by atoms with van der Waals surface area (Å²) in [6.45, 7) is 0. The van der Waals surface area contributed by atoms with Gasteiger partial charge in [-0.25, -0.2) is 4.79 Å². The van der Waals surface area contributed by atoms with Crippen molar-refractivity contribution < 1.29 is 14.4 Å². The molecule has 2 aliphatic heterocycles. The third-order valence-electron chi connectivity index (χ3n) is 4.96. The molecule has 2 heterocycles. The van der Waals surface area contributed by atoms with Crippen LogP contribution in [0.3, 0.4) is 0 Å². The van der Waals surface area contributed by atoms with E-state index < -0.39 is 11.6 Å². The van der Waals surface area contributed by atoms with Crippen molar-refractivity contribution in [1.29, 1.82) is 0 Å². The fraction of sp³-hybridized carbons (Fsp3) is 0.0909. The van der Waals surface area contributed by atoms with E-state index in [1.54, 1.807) is 6.07 Å². The average Bonchev–Trinajstić information content (AvgIpc) is 3.23. The number of fused-ring (bicyclic) bond motifs is 2. The van der Waals surface area contributed by atoms with E-state index in [0.717, 1.165) is 16.8 Å². The number of hydrogen-bond acceptors (Lipinski definition) is 4. The van der Waals surface area contributed by atoms with Crippen LogP contribution in [0.2, 0.25) is 0 Å². The lowest BCUT2D eigenvalue weighted by Gasteiger charge is -2.26. The molecule has 0 unspecified atom stereocenters. The minimum atomic E-state index is -1.29. The second kappa shape index (κ2) is 5.56. The molecule has 0 bridgehead atoms. The SMILES string of the molecule is O=C1Oc2ccccc2[C@]12ON=C(c1ccccc1)[C@@H]2c1ccccc1. The smallest absolute Gasteiger partial charge is 0.364 e. The zero-order chi connectivity index (χ0) is 17.6. The maximum atomic E-state index is 13.0. The zero-order valence-corrected chi connectivity index (χ0v) is 13.8. The van der Waals surface area contributed by atoms with E-state index in [2.05, 4.69) is 5.16 Å². The van der Waals surface area contributed by atoms with Gasteiger partial charge in [0.2, 0.25) is 0 Å². The van der Waals surface area contributed by atoms with Gasteiger partial charge in [0, 0.05) is 5.56 Å². The fourth-order valence-corrected chi connectivity index (χ4v) is 3.79. The molecule has 0 N–H and O–H groups in total. The van der Waals surface area contributed by atoms with Crippen molar-refractivity contribution >= 4 is 11.7 Å². The molecule has 4 nitrogen and oxygen atoms in total. The van der Waals surface area contributed by atoms with Gasteiger partial charge in [-0.1, -0.05) is 84.0 Å². The number of ether oxygens (including phenoxy) is 1. The Hall–Kier alpha value is -3.40. The summed E-state index contributed by atoms with van der Waals surface area (Å²) in [6.07, 6.45) is 0. The largest absolute Gasteiger partial charge is 0.423 e. The Morgan fingerprint density at radius 2 is 1.46 bits per heavy atom. The lowest BCUT2D eigenvalue weighted by Crippen LogP contribution is -2.41. The Labute approximate surface area is 150 Å². The fourth-order valence-electron chi connectivity index (χ4n) is 3.79. The quantitative estimate of drug-likeness (QED) is 0.522. The van der Waals surface area contributed by atoms with Gasteiger partial charge in [-0.3, -0.25) is 0 Å². The van der Waals surface area contributed by atoms with E-state index in [1.807, 2.05) is 78.9 Å². The summed E-state index contributed by atoms with van der Waals surface area (Å²) in [4.78, 5) is 18.9. The van der Waals surface area contributed by atoms with Gasteiger partial charge in [-0.05, 0) is 11.6 Å². The molecule has 0 radical (unpaired) electrons. The molecule has 26 heavy (non-hydrogen) atoms. The maximum Gasteiger partial charge on any atom is 0.364 e. The summed E-state index contributed by atoms with van der Waals surface area (Å²) in [7, 11) is 0. The van der Waals surface area contributed by atoms with Crippen LogP contribution in [0.4, 0.5) is 0 Å². The van der Waals surface area contributed by atoms with Crippen LogP contribution < -0.4 is 4.74 Å². The number of para-hydroxylation sites is 1. The molecule has 0 amide bonds. The molecule has 0 aliphatic carbocycles. The van der Waals surface area contributed by atoms with E-state index in [4.69, 9.17) is 9.57 Å². The highest BCUT2D eigenvalue weighted by Gasteiger charge is 2.63. The Kier molecular flexibility index (Phi) is 3.19. The molecule has 2 aliphatic rings. The number of esters is 1. The topological polar surface area (TPSA) is 47.9 Å². The van der Waals surface area contributed by atoms with Crippen molar-refractivity contribution in [3.63, 3.8) is 0 Å². The third-order valence-corrected chi connectivity index (χ3v) is 4.96. The first-order chi connectivity index (χ1) is 12.8. The van der Waals surface area contributed by atoms with Gasteiger partial charge >= 0.3 is 5.97 Å². The average molecular weight is 341 g/mol. The van der Waals surface area contributed by atoms with Gasteiger partial charge < -0.3 is 9.57 Å². The highest BCUT2D eigenvalue weighted by Crippen LogP contribution is 2.53. The monoisotopic (exact) mass is 341 g/mol. The molecular weight excluding hydrogens is 326 g/mol. The van der Waals surface area contributed by atoms with Gasteiger partial charge in [-0.2, -0.15) is 0 Å². The Balaban J connectivity index is 1.74. The summed E-state index contributed by atoms with van der Waals surface area (Å²) in [6, 6.07) is 27.0. The van der Waals surface area contributed by atoms with Crippen LogP contribution in [0.5, 0.6) is 5.75 Å². The summed E-state index contributed by atoms with van der Waals surface area (Å²) in [5.41, 5.74) is 2.04. The lowest BCUT2D eigenvalue weighted by atomic mass is 9.74. The summed E-state index contributed by atoms with van der Waals surface area (Å²) >= 11 is 0. The number of carbonyl (C=O) groups is 1. The highest BCUT2D eigenvalue weighted by atomic mass is 16.7. The Morgan fingerprint density at radius 1 is 0.808 bits per heavy atom. The number of benzene rings is 3. The van der Waals surface area contributed by atoms with Crippen LogP contribution in [0, 0.1) is 0 Å². The lowest BCUT2D eigenvalue weighted by molar-refractivity contribution is -0.157. The van der Waals surface area contributed by atoms with Crippen molar-refractivity contribution in [2.75, 3.05) is 0 Å². The van der Waals surface area contributed by atoms with Crippen molar-refractivity contribution in [3.8, 4) is 5.75 Å². The second-order valence-corrected chi connectivity index (χ2v) is 6.40. The van der Waals surface area contributed by atoms with Gasteiger partial charge in [0.1, 0.15) is 5.75 Å². The normalized spacial score (nSPS) is 23.3. The van der Waals surface area contributed by atoms with E-state index in [1.165, 1.54) is 0 Å². The van der Waals surface area contributed by atoms with Crippen LogP contribution in [-0.2, 0) is 15.2 Å². The number of oxime groups is 1. The van der Waals surface area contributed by atoms with Crippen LogP contribution >= 0.6 is 0 Å². The molecule has 5 rings (SSSR count). The second-order valence-electron chi connectivity index (χ2n) is 6.40. The summed E-state index contributed by atoms with van der Waals surface area (Å²) < 4.78 is 5.54. The first kappa shape index (κ1) is 14.9. The van der Waals surface area contributed by atoms with Crippen LogP contribution in [0.25, 0.3) is 0 Å². The van der Waals surface area contributed by atoms with E-state index in [9.17, 15) is 4.79 Å². The minimum absolute atomic E-state index is 0.387. The molecule has 3 aromatic carbocycles. The molecule has 2 atom stereocenters. The molecule has 0 aromatic heterocycles. The number of rotatable bonds is 2. The van der Waals surface area contributed by atoms with E-state index in [0.29, 0.717) is 11.3 Å². The highest BCUT2D eigenvalue weighted by molar-refractivity contribution is 6.11. The van der Waals surface area contributed by atoms with Crippen LogP contribution in [0.15, 0.2) is 90.1 Å². The number of hydrogen-bond donors (Lipinski definition) is 0. The molecule has 4 heteroatoms. The van der Waals surface area contributed by atoms with Crippen LogP contribution in [-0.4, -0.2) is 11.7 Å². The van der Waals surface area contributed by atoms with Gasteiger partial charge in [0.15, 0.2) is 0 Å². The van der Waals surface area contributed by atoms with E-state index in [-0.39, 0.29) is 5.92 Å². The van der Waals surface area contributed by atoms with Crippen molar-refractivity contribution in [2.45, 2.75) is 11.5 Å². The molecular formula is C22H15NO3. The molecule has 1 spiro atoms. The number of nitrogens with zero attached hydrogens (tertiary/aromatic N) is 1. The maximum absolute atomic E-state index is 13.0. The summed E-state index contributed by atoms with van der Waals surface area (Å²) in [5.74, 6) is -0.285. The van der Waals surface area contributed by atoms with Crippen LogP contribution in [0.1, 0.15) is 22.6 Å². The van der Waals surface area contributed by atoms with Crippen molar-refractivity contribution in [3.05, 3.63) is 102 Å². The first-order valence-corrected chi connectivity index (χ1v) is 8.49.